The molecule has 1 heterocycles. The third kappa shape index (κ3) is 4.32. The predicted octanol–water partition coefficient (Wildman–Crippen LogP) is 0.645. The summed E-state index contributed by atoms with van der Waals surface area (Å²) in [5.41, 5.74) is -0.0530. The summed E-state index contributed by atoms with van der Waals surface area (Å²) in [6, 6.07) is 1.14. The number of aromatic carboxylic acids is 1. The Labute approximate surface area is 118 Å². The van der Waals surface area contributed by atoms with Crippen LogP contribution in [0.4, 0.5) is 0 Å². The van der Waals surface area contributed by atoms with Crippen molar-refractivity contribution in [3.63, 3.8) is 0 Å². The third-order valence-corrected chi connectivity index (χ3v) is 4.15. The minimum atomic E-state index is -3.75. The van der Waals surface area contributed by atoms with Gasteiger partial charge >= 0.3 is 5.97 Å². The molecule has 0 aliphatic carbocycles. The number of rotatable bonds is 8. The standard InChI is InChI=1S/C12H20N2O5S/c1-3-6-14-8-10(7-11(14)12(16)17)20(18,19)13-5-4-9(2)15/h7-9,13,15H,3-6H2,1-2H3,(H,16,17). The fourth-order valence-corrected chi connectivity index (χ4v) is 2.81. The molecule has 0 radical (unpaired) electrons. The lowest BCUT2D eigenvalue weighted by Gasteiger charge is -2.06. The van der Waals surface area contributed by atoms with Crippen LogP contribution in [0, 0.1) is 0 Å². The fourth-order valence-electron chi connectivity index (χ4n) is 1.72. The highest BCUT2D eigenvalue weighted by molar-refractivity contribution is 7.89. The molecule has 0 aliphatic rings. The normalized spacial score (nSPS) is 13.3. The van der Waals surface area contributed by atoms with Crippen LogP contribution in [0.2, 0.25) is 0 Å². The van der Waals surface area contributed by atoms with Gasteiger partial charge in [-0.05, 0) is 25.8 Å². The van der Waals surface area contributed by atoms with E-state index >= 15 is 0 Å². The second-order valence-corrected chi connectivity index (χ2v) is 6.36. The van der Waals surface area contributed by atoms with Gasteiger partial charge in [0.15, 0.2) is 0 Å². The lowest BCUT2D eigenvalue weighted by Crippen LogP contribution is -2.26. The lowest BCUT2D eigenvalue weighted by molar-refractivity contribution is 0.0685. The summed E-state index contributed by atoms with van der Waals surface area (Å²) in [5, 5.41) is 18.1. The molecular weight excluding hydrogens is 284 g/mol. The average Bonchev–Trinajstić information content (AvgIpc) is 2.73. The van der Waals surface area contributed by atoms with Crippen molar-refractivity contribution in [1.29, 1.82) is 0 Å². The molecule has 0 spiro atoms. The van der Waals surface area contributed by atoms with E-state index < -0.39 is 22.1 Å². The summed E-state index contributed by atoms with van der Waals surface area (Å²) < 4.78 is 27.8. The summed E-state index contributed by atoms with van der Waals surface area (Å²) in [6.45, 7) is 3.97. The Morgan fingerprint density at radius 2 is 2.15 bits per heavy atom. The molecule has 7 nitrogen and oxygen atoms in total. The zero-order chi connectivity index (χ0) is 15.3. The molecule has 0 aromatic carbocycles. The predicted molar refractivity (Wildman–Crippen MR) is 73.2 cm³/mol. The van der Waals surface area contributed by atoms with Crippen molar-refractivity contribution in [2.24, 2.45) is 0 Å². The van der Waals surface area contributed by atoms with E-state index in [9.17, 15) is 13.2 Å². The van der Waals surface area contributed by atoms with Gasteiger partial charge in [0.25, 0.3) is 0 Å². The van der Waals surface area contributed by atoms with Crippen LogP contribution < -0.4 is 4.72 Å². The molecule has 20 heavy (non-hydrogen) atoms. The van der Waals surface area contributed by atoms with Crippen molar-refractivity contribution < 1.29 is 23.4 Å². The molecule has 1 atom stereocenters. The maximum absolute atomic E-state index is 12.0. The number of carboxylic acid groups (broad SMARTS) is 1. The molecule has 0 aliphatic heterocycles. The first-order valence-electron chi connectivity index (χ1n) is 6.39. The van der Waals surface area contributed by atoms with Gasteiger partial charge in [-0.3, -0.25) is 0 Å². The SMILES string of the molecule is CCCn1cc(S(=O)(=O)NCCC(C)O)cc1C(=O)O. The first-order valence-corrected chi connectivity index (χ1v) is 7.87. The Morgan fingerprint density at radius 3 is 2.65 bits per heavy atom. The molecular formula is C12H20N2O5S. The molecule has 8 heteroatoms. The van der Waals surface area contributed by atoms with Gasteiger partial charge in [-0.1, -0.05) is 6.92 Å². The van der Waals surface area contributed by atoms with Gasteiger partial charge < -0.3 is 14.8 Å². The van der Waals surface area contributed by atoms with Crippen LogP contribution >= 0.6 is 0 Å². The molecule has 0 amide bonds. The van der Waals surface area contributed by atoms with E-state index in [0.717, 1.165) is 6.07 Å². The maximum atomic E-state index is 12.0. The second-order valence-electron chi connectivity index (χ2n) is 4.60. The molecule has 0 saturated heterocycles. The maximum Gasteiger partial charge on any atom is 0.352 e. The highest BCUT2D eigenvalue weighted by Gasteiger charge is 2.20. The van der Waals surface area contributed by atoms with Crippen molar-refractivity contribution in [2.45, 2.75) is 44.2 Å². The number of nitrogens with one attached hydrogen (secondary N) is 1. The van der Waals surface area contributed by atoms with Crippen LogP contribution in [0.25, 0.3) is 0 Å². The largest absolute Gasteiger partial charge is 0.477 e. The number of carboxylic acids is 1. The zero-order valence-corrected chi connectivity index (χ0v) is 12.4. The number of hydrogen-bond acceptors (Lipinski definition) is 4. The van der Waals surface area contributed by atoms with Crippen LogP contribution in [0.15, 0.2) is 17.2 Å². The van der Waals surface area contributed by atoms with E-state index in [1.54, 1.807) is 6.92 Å². The first kappa shape index (κ1) is 16.7. The lowest BCUT2D eigenvalue weighted by atomic mass is 10.3. The van der Waals surface area contributed by atoms with Gasteiger partial charge in [0.05, 0.1) is 6.10 Å². The Bertz CT molecular complexity index is 562. The molecule has 3 N–H and O–H groups in total. The van der Waals surface area contributed by atoms with E-state index in [4.69, 9.17) is 10.2 Å². The fraction of sp³-hybridized carbons (Fsp3) is 0.583. The van der Waals surface area contributed by atoms with Crippen LogP contribution in [-0.2, 0) is 16.6 Å². The van der Waals surface area contributed by atoms with Gasteiger partial charge in [-0.2, -0.15) is 0 Å². The van der Waals surface area contributed by atoms with Crippen molar-refractivity contribution in [3.05, 3.63) is 18.0 Å². The van der Waals surface area contributed by atoms with Crippen LogP contribution in [0.1, 0.15) is 37.2 Å². The quantitative estimate of drug-likeness (QED) is 0.653. The van der Waals surface area contributed by atoms with E-state index in [1.165, 1.54) is 10.8 Å². The molecule has 1 rings (SSSR count). The van der Waals surface area contributed by atoms with Crippen molar-refractivity contribution in [3.8, 4) is 0 Å². The van der Waals surface area contributed by atoms with Gasteiger partial charge in [-0.15, -0.1) is 0 Å². The van der Waals surface area contributed by atoms with Gasteiger partial charge in [0.1, 0.15) is 10.6 Å². The molecule has 1 aromatic rings. The smallest absolute Gasteiger partial charge is 0.352 e. The van der Waals surface area contributed by atoms with Crippen LogP contribution in [0.5, 0.6) is 0 Å². The number of aromatic nitrogens is 1. The van der Waals surface area contributed by atoms with Crippen molar-refractivity contribution in [2.75, 3.05) is 6.54 Å². The minimum Gasteiger partial charge on any atom is -0.477 e. The molecule has 0 fully saturated rings. The summed E-state index contributed by atoms with van der Waals surface area (Å²) in [7, 11) is -3.75. The number of sulfonamides is 1. The van der Waals surface area contributed by atoms with Gasteiger partial charge in [0, 0.05) is 19.3 Å². The molecule has 1 unspecified atom stereocenters. The van der Waals surface area contributed by atoms with E-state index in [0.29, 0.717) is 19.4 Å². The van der Waals surface area contributed by atoms with E-state index in [2.05, 4.69) is 4.72 Å². The molecule has 0 bridgehead atoms. The Morgan fingerprint density at radius 1 is 1.50 bits per heavy atom. The molecule has 1 aromatic heterocycles. The second kappa shape index (κ2) is 6.87. The van der Waals surface area contributed by atoms with Gasteiger partial charge in [-0.25, -0.2) is 17.9 Å². The number of aliphatic hydroxyl groups excluding tert-OH is 1. The number of carbonyl (C=O) groups is 1. The molecule has 114 valence electrons. The van der Waals surface area contributed by atoms with Crippen LogP contribution in [0.3, 0.4) is 0 Å². The summed E-state index contributed by atoms with van der Waals surface area (Å²) in [6.07, 6.45) is 1.71. The Balaban J connectivity index is 2.95. The number of nitrogens with zero attached hydrogens (tertiary/aromatic N) is 1. The topological polar surface area (TPSA) is 109 Å². The summed E-state index contributed by atoms with van der Waals surface area (Å²) in [5.74, 6) is -1.16. The Kier molecular flexibility index (Phi) is 5.73. The monoisotopic (exact) mass is 304 g/mol. The van der Waals surface area contributed by atoms with Crippen LogP contribution in [-0.4, -0.2) is 41.8 Å². The number of aliphatic hydroxyl groups is 1. The van der Waals surface area contributed by atoms with Gasteiger partial charge in [0.2, 0.25) is 10.0 Å². The number of hydrogen-bond donors (Lipinski definition) is 3. The van der Waals surface area contributed by atoms with Crippen molar-refractivity contribution in [1.82, 2.24) is 9.29 Å². The highest BCUT2D eigenvalue weighted by Crippen LogP contribution is 2.15. The molecule has 0 saturated carbocycles. The minimum absolute atomic E-state index is 0.0530. The first-order chi connectivity index (χ1) is 9.27. The Hall–Kier alpha value is -1.38. The third-order valence-electron chi connectivity index (χ3n) is 2.72. The van der Waals surface area contributed by atoms with Crippen molar-refractivity contribution >= 4 is 16.0 Å². The van der Waals surface area contributed by atoms with E-state index in [1.807, 2.05) is 6.92 Å². The summed E-state index contributed by atoms with van der Waals surface area (Å²) in [4.78, 5) is 11.0. The summed E-state index contributed by atoms with van der Waals surface area (Å²) >= 11 is 0. The average molecular weight is 304 g/mol. The van der Waals surface area contributed by atoms with E-state index in [-0.39, 0.29) is 17.1 Å². The highest BCUT2D eigenvalue weighted by atomic mass is 32.2. The number of aryl methyl sites for hydroxylation is 1. The zero-order valence-electron chi connectivity index (χ0n) is 11.5.